The maximum atomic E-state index is 12.1. The van der Waals surface area contributed by atoms with Crippen molar-refractivity contribution in [3.8, 4) is 11.7 Å². The first-order chi connectivity index (χ1) is 13.5. The molecule has 3 N–H and O–H groups in total. The van der Waals surface area contributed by atoms with Gasteiger partial charge in [0.15, 0.2) is 0 Å². The maximum Gasteiger partial charge on any atom is 0.335 e. The summed E-state index contributed by atoms with van der Waals surface area (Å²) in [7, 11) is 0. The average molecular weight is 383 g/mol. The van der Waals surface area contributed by atoms with Gasteiger partial charge in [-0.3, -0.25) is 14.6 Å². The zero-order valence-corrected chi connectivity index (χ0v) is 14.7. The number of nitrogens with zero attached hydrogens (tertiary/aromatic N) is 3. The summed E-state index contributed by atoms with van der Waals surface area (Å²) in [5.41, 5.74) is -0.481. The Morgan fingerprint density at radius 2 is 2.04 bits per heavy atom. The van der Waals surface area contributed by atoms with Crippen LogP contribution in [0, 0.1) is 0 Å². The summed E-state index contributed by atoms with van der Waals surface area (Å²) in [6.07, 6.45) is 4.87. The monoisotopic (exact) mass is 383 g/mol. The minimum absolute atomic E-state index is 0.0962. The normalized spacial score (nSPS) is 10.4. The highest BCUT2D eigenvalue weighted by Gasteiger charge is 2.12. The first kappa shape index (κ1) is 18.8. The number of carboxylic acid groups (broad SMARTS) is 1. The summed E-state index contributed by atoms with van der Waals surface area (Å²) in [5.74, 6) is -0.789. The number of aromatic carboxylic acids is 1. The minimum Gasteiger partial charge on any atom is -0.494 e. The zero-order chi connectivity index (χ0) is 19.9. The van der Waals surface area contributed by atoms with Gasteiger partial charge in [0.1, 0.15) is 11.3 Å². The second-order valence-electron chi connectivity index (χ2n) is 5.69. The first-order valence-corrected chi connectivity index (χ1v) is 8.38. The van der Waals surface area contributed by atoms with Crippen molar-refractivity contribution in [2.45, 2.75) is 6.42 Å². The van der Waals surface area contributed by atoms with E-state index in [9.17, 15) is 14.4 Å². The Labute approximate surface area is 158 Å². The van der Waals surface area contributed by atoms with Crippen LogP contribution in [0.5, 0.6) is 5.75 Å². The molecule has 2 aromatic heterocycles. The lowest BCUT2D eigenvalue weighted by Gasteiger charge is -2.08. The average Bonchev–Trinajstić information content (AvgIpc) is 3.22. The molecule has 3 rings (SSSR count). The van der Waals surface area contributed by atoms with Crippen molar-refractivity contribution in [1.29, 1.82) is 0 Å². The van der Waals surface area contributed by atoms with E-state index in [4.69, 9.17) is 9.84 Å². The van der Waals surface area contributed by atoms with Crippen molar-refractivity contribution in [2.24, 2.45) is 0 Å². The van der Waals surface area contributed by atoms with Gasteiger partial charge in [0.05, 0.1) is 12.2 Å². The number of aromatic nitrogens is 4. The Morgan fingerprint density at radius 1 is 1.25 bits per heavy atom. The van der Waals surface area contributed by atoms with E-state index < -0.39 is 17.4 Å². The number of aromatic amines is 1. The number of hydrogen-bond donors (Lipinski definition) is 3. The van der Waals surface area contributed by atoms with Crippen molar-refractivity contribution in [3.05, 3.63) is 70.4 Å². The molecule has 2 heterocycles. The smallest absolute Gasteiger partial charge is 0.335 e. The molecule has 0 aliphatic rings. The number of benzene rings is 1. The molecule has 144 valence electrons. The Kier molecular flexibility index (Phi) is 5.80. The van der Waals surface area contributed by atoms with Gasteiger partial charge in [-0.05, 0) is 36.8 Å². The van der Waals surface area contributed by atoms with E-state index >= 15 is 0 Å². The standard InChI is InChI=1S/C18H17N5O5/c24-15(14-11-20-18(22-16(14)25)23-9-1-8-21-23)19-7-2-10-28-13-5-3-12(4-6-13)17(26)27/h1,3-6,8-9,11H,2,7,10H2,(H,19,24)(H,26,27)(H,20,22,25). The quantitative estimate of drug-likeness (QED) is 0.490. The molecule has 0 atom stereocenters. The van der Waals surface area contributed by atoms with Crippen LogP contribution < -0.4 is 15.6 Å². The van der Waals surface area contributed by atoms with Gasteiger partial charge in [-0.15, -0.1) is 0 Å². The Hall–Kier alpha value is -3.95. The van der Waals surface area contributed by atoms with E-state index in [0.717, 1.165) is 0 Å². The van der Waals surface area contributed by atoms with Gasteiger partial charge in [-0.2, -0.15) is 5.10 Å². The van der Waals surface area contributed by atoms with Gasteiger partial charge in [-0.25, -0.2) is 14.5 Å². The minimum atomic E-state index is -1.00. The Balaban J connectivity index is 1.45. The SMILES string of the molecule is O=C(O)c1ccc(OCCCNC(=O)c2cnc(-n3cccn3)[nH]c2=O)cc1. The fourth-order valence-corrected chi connectivity index (χ4v) is 2.31. The number of nitrogens with one attached hydrogen (secondary N) is 2. The lowest BCUT2D eigenvalue weighted by atomic mass is 10.2. The molecule has 1 aromatic carbocycles. The predicted molar refractivity (Wildman–Crippen MR) is 97.8 cm³/mol. The maximum absolute atomic E-state index is 12.1. The van der Waals surface area contributed by atoms with Crippen molar-refractivity contribution in [3.63, 3.8) is 0 Å². The van der Waals surface area contributed by atoms with Crippen LogP contribution in [0.1, 0.15) is 27.1 Å². The molecule has 3 aromatic rings. The number of rotatable bonds is 8. The predicted octanol–water partition coefficient (Wildman–Crippen LogP) is 0.853. The van der Waals surface area contributed by atoms with E-state index in [1.165, 1.54) is 23.0 Å². The molecule has 1 amide bonds. The molecule has 0 saturated carbocycles. The molecular formula is C18H17N5O5. The van der Waals surface area contributed by atoms with Gasteiger partial charge in [0.2, 0.25) is 5.95 Å². The van der Waals surface area contributed by atoms with E-state index in [-0.39, 0.29) is 17.1 Å². The Bertz CT molecular complexity index is 1010. The van der Waals surface area contributed by atoms with Crippen LogP contribution in [0.25, 0.3) is 5.95 Å². The third kappa shape index (κ3) is 4.61. The van der Waals surface area contributed by atoms with Crippen LogP contribution in [0.3, 0.4) is 0 Å². The van der Waals surface area contributed by atoms with Crippen LogP contribution in [0.4, 0.5) is 0 Å². The number of amides is 1. The van der Waals surface area contributed by atoms with Gasteiger partial charge in [0.25, 0.3) is 11.5 Å². The van der Waals surface area contributed by atoms with E-state index in [1.807, 2.05) is 0 Å². The molecule has 0 unspecified atom stereocenters. The summed E-state index contributed by atoms with van der Waals surface area (Å²) in [6.45, 7) is 0.617. The van der Waals surface area contributed by atoms with Gasteiger partial charge in [-0.1, -0.05) is 0 Å². The third-order valence-corrected chi connectivity index (χ3v) is 3.73. The number of carboxylic acids is 1. The van der Waals surface area contributed by atoms with Crippen LogP contribution in [-0.4, -0.2) is 49.9 Å². The summed E-state index contributed by atoms with van der Waals surface area (Å²) < 4.78 is 6.85. The van der Waals surface area contributed by atoms with Crippen LogP contribution in [0.15, 0.2) is 53.7 Å². The van der Waals surface area contributed by atoms with Gasteiger partial charge in [0, 0.05) is 25.1 Å². The molecule has 0 spiro atoms. The van der Waals surface area contributed by atoms with Crippen molar-refractivity contribution < 1.29 is 19.4 Å². The molecule has 0 aliphatic heterocycles. The number of H-pyrrole nitrogens is 1. The lowest BCUT2D eigenvalue weighted by Crippen LogP contribution is -2.31. The summed E-state index contributed by atoms with van der Waals surface area (Å²) >= 11 is 0. The molecule has 0 aliphatic carbocycles. The molecule has 0 bridgehead atoms. The summed E-state index contributed by atoms with van der Waals surface area (Å²) in [5, 5.41) is 15.4. The molecule has 0 fully saturated rings. The topological polar surface area (TPSA) is 139 Å². The van der Waals surface area contributed by atoms with Gasteiger partial charge >= 0.3 is 5.97 Å². The van der Waals surface area contributed by atoms with Crippen LogP contribution in [-0.2, 0) is 0 Å². The lowest BCUT2D eigenvalue weighted by molar-refractivity contribution is 0.0696. The largest absolute Gasteiger partial charge is 0.494 e. The Morgan fingerprint density at radius 3 is 2.68 bits per heavy atom. The molecule has 10 nitrogen and oxygen atoms in total. The fraction of sp³-hybridized carbons (Fsp3) is 0.167. The van der Waals surface area contributed by atoms with Crippen molar-refractivity contribution >= 4 is 11.9 Å². The highest BCUT2D eigenvalue weighted by atomic mass is 16.5. The zero-order valence-electron chi connectivity index (χ0n) is 14.7. The molecular weight excluding hydrogens is 366 g/mol. The van der Waals surface area contributed by atoms with Gasteiger partial charge < -0.3 is 15.2 Å². The van der Waals surface area contributed by atoms with E-state index in [0.29, 0.717) is 25.3 Å². The fourth-order valence-electron chi connectivity index (χ4n) is 2.31. The second-order valence-corrected chi connectivity index (χ2v) is 5.69. The first-order valence-electron chi connectivity index (χ1n) is 8.38. The number of hydrogen-bond acceptors (Lipinski definition) is 6. The van der Waals surface area contributed by atoms with E-state index in [1.54, 1.807) is 30.6 Å². The molecule has 0 saturated heterocycles. The number of ether oxygens (including phenoxy) is 1. The third-order valence-electron chi connectivity index (χ3n) is 3.73. The second kappa shape index (κ2) is 8.62. The van der Waals surface area contributed by atoms with Crippen LogP contribution in [0.2, 0.25) is 0 Å². The van der Waals surface area contributed by atoms with Crippen molar-refractivity contribution in [2.75, 3.05) is 13.2 Å². The molecule has 28 heavy (non-hydrogen) atoms. The van der Waals surface area contributed by atoms with Crippen LogP contribution >= 0.6 is 0 Å². The highest BCUT2D eigenvalue weighted by molar-refractivity contribution is 5.93. The molecule has 0 radical (unpaired) electrons. The molecule has 10 heteroatoms. The van der Waals surface area contributed by atoms with Crippen molar-refractivity contribution in [1.82, 2.24) is 25.1 Å². The summed E-state index contributed by atoms with van der Waals surface area (Å²) in [6, 6.07) is 7.71. The summed E-state index contributed by atoms with van der Waals surface area (Å²) in [4.78, 5) is 41.5. The highest BCUT2D eigenvalue weighted by Crippen LogP contribution is 2.12. The number of carbonyl (C=O) groups is 2. The number of carbonyl (C=O) groups excluding carboxylic acids is 1. The van der Waals surface area contributed by atoms with E-state index in [2.05, 4.69) is 20.4 Å².